The Morgan fingerprint density at radius 1 is 1.17 bits per heavy atom. The molecular formula is C21H22N2O4S2. The van der Waals surface area contributed by atoms with Gasteiger partial charge in [-0.05, 0) is 54.1 Å². The summed E-state index contributed by atoms with van der Waals surface area (Å²) in [4.78, 5) is 13.0. The second kappa shape index (κ2) is 8.14. The molecule has 3 aromatic rings. The van der Waals surface area contributed by atoms with Crippen molar-refractivity contribution in [3.05, 3.63) is 59.5 Å². The minimum atomic E-state index is -3.77. The van der Waals surface area contributed by atoms with Crippen molar-refractivity contribution in [2.45, 2.75) is 36.1 Å². The first-order chi connectivity index (χ1) is 13.9. The van der Waals surface area contributed by atoms with Gasteiger partial charge in [-0.25, -0.2) is 8.42 Å². The standard InChI is InChI=1S/C21H22N2O4S2/c1-14(19-8-4-10-27-19)22-21(24)17-12-15-6-2-3-7-16(15)13-18(17)23-29(25,26)20-9-5-11-28-20/h2-3,5-7,9,11-14,19,23H,4,8,10H2,1H3,(H,22,24). The van der Waals surface area contributed by atoms with E-state index < -0.39 is 10.0 Å². The molecule has 1 aromatic heterocycles. The number of benzene rings is 2. The monoisotopic (exact) mass is 430 g/mol. The van der Waals surface area contributed by atoms with Crippen LogP contribution in [0.3, 0.4) is 0 Å². The Labute approximate surface area is 173 Å². The van der Waals surface area contributed by atoms with Crippen LogP contribution in [0.15, 0.2) is 58.1 Å². The van der Waals surface area contributed by atoms with E-state index in [4.69, 9.17) is 4.74 Å². The minimum Gasteiger partial charge on any atom is -0.376 e. The van der Waals surface area contributed by atoms with Gasteiger partial charge >= 0.3 is 0 Å². The summed E-state index contributed by atoms with van der Waals surface area (Å²) in [6.07, 6.45) is 1.86. The van der Waals surface area contributed by atoms with Crippen LogP contribution in [0.2, 0.25) is 0 Å². The zero-order valence-electron chi connectivity index (χ0n) is 15.9. The second-order valence-electron chi connectivity index (χ2n) is 7.10. The van der Waals surface area contributed by atoms with Crippen molar-refractivity contribution in [3.8, 4) is 0 Å². The summed E-state index contributed by atoms with van der Waals surface area (Å²) in [5.41, 5.74) is 0.544. The number of carbonyl (C=O) groups excluding carboxylic acids is 1. The number of thiophene rings is 1. The average Bonchev–Trinajstić information content (AvgIpc) is 3.41. The maximum absolute atomic E-state index is 13.0. The van der Waals surface area contributed by atoms with Gasteiger partial charge in [0.15, 0.2) is 0 Å². The lowest BCUT2D eigenvalue weighted by molar-refractivity contribution is 0.0713. The van der Waals surface area contributed by atoms with Crippen LogP contribution in [0.5, 0.6) is 0 Å². The lowest BCUT2D eigenvalue weighted by Crippen LogP contribution is -2.41. The summed E-state index contributed by atoms with van der Waals surface area (Å²) in [6.45, 7) is 2.61. The zero-order chi connectivity index (χ0) is 20.4. The van der Waals surface area contributed by atoms with Crippen LogP contribution in [0.4, 0.5) is 5.69 Å². The summed E-state index contributed by atoms with van der Waals surface area (Å²) in [7, 11) is -3.77. The molecular weight excluding hydrogens is 408 g/mol. The van der Waals surface area contributed by atoms with Gasteiger partial charge in [-0.2, -0.15) is 0 Å². The molecule has 2 unspecified atom stereocenters. The first kappa shape index (κ1) is 19.9. The highest BCUT2D eigenvalue weighted by molar-refractivity contribution is 7.94. The molecule has 0 aliphatic carbocycles. The Morgan fingerprint density at radius 3 is 2.59 bits per heavy atom. The van der Waals surface area contributed by atoms with Crippen LogP contribution in [-0.2, 0) is 14.8 Å². The lowest BCUT2D eigenvalue weighted by Gasteiger charge is -2.21. The molecule has 0 bridgehead atoms. The molecule has 2 aromatic carbocycles. The van der Waals surface area contributed by atoms with Crippen molar-refractivity contribution < 1.29 is 17.9 Å². The Morgan fingerprint density at radius 2 is 1.93 bits per heavy atom. The fraction of sp³-hybridized carbons (Fsp3) is 0.286. The van der Waals surface area contributed by atoms with E-state index in [1.165, 1.54) is 6.07 Å². The molecule has 2 N–H and O–H groups in total. The summed E-state index contributed by atoms with van der Waals surface area (Å²) in [6, 6.07) is 14.0. The van der Waals surface area contributed by atoms with Gasteiger partial charge in [0.1, 0.15) is 4.21 Å². The van der Waals surface area contributed by atoms with Crippen molar-refractivity contribution in [1.82, 2.24) is 5.32 Å². The maximum Gasteiger partial charge on any atom is 0.271 e. The number of sulfonamides is 1. The second-order valence-corrected chi connectivity index (χ2v) is 9.95. The SMILES string of the molecule is CC(NC(=O)c1cc2ccccc2cc1NS(=O)(=O)c1cccs1)C1CCCO1. The third-order valence-electron chi connectivity index (χ3n) is 5.02. The number of hydrogen-bond donors (Lipinski definition) is 2. The molecule has 0 spiro atoms. The molecule has 2 heterocycles. The van der Waals surface area contributed by atoms with E-state index in [1.807, 2.05) is 31.2 Å². The number of carbonyl (C=O) groups is 1. The van der Waals surface area contributed by atoms with Gasteiger partial charge < -0.3 is 10.1 Å². The van der Waals surface area contributed by atoms with Gasteiger partial charge in [-0.15, -0.1) is 11.3 Å². The average molecular weight is 431 g/mol. The van der Waals surface area contributed by atoms with Gasteiger partial charge in [-0.3, -0.25) is 9.52 Å². The van der Waals surface area contributed by atoms with Crippen molar-refractivity contribution in [1.29, 1.82) is 0 Å². The number of hydrogen-bond acceptors (Lipinski definition) is 5. The molecule has 1 fully saturated rings. The molecule has 152 valence electrons. The van der Waals surface area contributed by atoms with E-state index in [-0.39, 0.29) is 33.5 Å². The molecule has 1 saturated heterocycles. The van der Waals surface area contributed by atoms with Gasteiger partial charge in [0.2, 0.25) is 0 Å². The first-order valence-corrected chi connectivity index (χ1v) is 11.8. The number of amides is 1. The topological polar surface area (TPSA) is 84.5 Å². The Hall–Kier alpha value is -2.42. The number of anilines is 1. The Bertz CT molecular complexity index is 1120. The van der Waals surface area contributed by atoms with Crippen molar-refractivity contribution in [2.24, 2.45) is 0 Å². The zero-order valence-corrected chi connectivity index (χ0v) is 17.6. The third-order valence-corrected chi connectivity index (χ3v) is 7.78. The molecule has 0 radical (unpaired) electrons. The number of nitrogens with one attached hydrogen (secondary N) is 2. The first-order valence-electron chi connectivity index (χ1n) is 9.45. The largest absolute Gasteiger partial charge is 0.376 e. The summed E-state index contributed by atoms with van der Waals surface area (Å²) >= 11 is 1.13. The van der Waals surface area contributed by atoms with Crippen molar-refractivity contribution in [2.75, 3.05) is 11.3 Å². The van der Waals surface area contributed by atoms with Crippen molar-refractivity contribution in [3.63, 3.8) is 0 Å². The van der Waals surface area contributed by atoms with E-state index in [1.54, 1.807) is 23.6 Å². The molecule has 29 heavy (non-hydrogen) atoms. The van der Waals surface area contributed by atoms with Crippen LogP contribution >= 0.6 is 11.3 Å². The predicted molar refractivity (Wildman–Crippen MR) is 115 cm³/mol. The van der Waals surface area contributed by atoms with E-state index in [2.05, 4.69) is 10.0 Å². The predicted octanol–water partition coefficient (Wildman–Crippen LogP) is 4.00. The minimum absolute atomic E-state index is 0.0225. The molecule has 1 aliphatic rings. The normalized spacial score (nSPS) is 17.9. The van der Waals surface area contributed by atoms with Crippen LogP contribution in [0.25, 0.3) is 10.8 Å². The highest BCUT2D eigenvalue weighted by Crippen LogP contribution is 2.28. The molecule has 1 aliphatic heterocycles. The highest BCUT2D eigenvalue weighted by Gasteiger charge is 2.26. The van der Waals surface area contributed by atoms with E-state index in [0.717, 1.165) is 35.0 Å². The van der Waals surface area contributed by atoms with E-state index >= 15 is 0 Å². The quantitative estimate of drug-likeness (QED) is 0.619. The number of ether oxygens (including phenoxy) is 1. The van der Waals surface area contributed by atoms with Gasteiger partial charge in [0.05, 0.1) is 23.4 Å². The summed E-state index contributed by atoms with van der Waals surface area (Å²) in [5, 5.41) is 6.38. The highest BCUT2D eigenvalue weighted by atomic mass is 32.2. The van der Waals surface area contributed by atoms with Crippen LogP contribution in [0, 0.1) is 0 Å². The maximum atomic E-state index is 13.0. The smallest absolute Gasteiger partial charge is 0.271 e. The lowest BCUT2D eigenvalue weighted by atomic mass is 10.0. The fourth-order valence-corrected chi connectivity index (χ4v) is 5.56. The fourth-order valence-electron chi connectivity index (χ4n) is 3.50. The number of fused-ring (bicyclic) bond motifs is 1. The summed E-state index contributed by atoms with van der Waals surface area (Å²) in [5.74, 6) is -0.331. The van der Waals surface area contributed by atoms with Crippen LogP contribution < -0.4 is 10.0 Å². The van der Waals surface area contributed by atoms with Gasteiger partial charge in [0, 0.05) is 6.61 Å². The van der Waals surface area contributed by atoms with E-state index in [0.29, 0.717) is 6.61 Å². The molecule has 8 heteroatoms. The van der Waals surface area contributed by atoms with Gasteiger partial charge in [0.25, 0.3) is 15.9 Å². The molecule has 2 atom stereocenters. The van der Waals surface area contributed by atoms with Crippen LogP contribution in [0.1, 0.15) is 30.1 Å². The van der Waals surface area contributed by atoms with Gasteiger partial charge in [-0.1, -0.05) is 30.3 Å². The molecule has 0 saturated carbocycles. The number of rotatable bonds is 6. The van der Waals surface area contributed by atoms with E-state index in [9.17, 15) is 13.2 Å². The molecule has 1 amide bonds. The van der Waals surface area contributed by atoms with Crippen LogP contribution in [-0.4, -0.2) is 33.1 Å². The molecule has 6 nitrogen and oxygen atoms in total. The Balaban J connectivity index is 1.69. The third kappa shape index (κ3) is 4.29. The molecule has 4 rings (SSSR count). The Kier molecular flexibility index (Phi) is 5.58. The van der Waals surface area contributed by atoms with Crippen molar-refractivity contribution >= 4 is 43.7 Å². The summed E-state index contributed by atoms with van der Waals surface area (Å²) < 4.78 is 34.0.